The molecule has 0 aliphatic rings. The Morgan fingerprint density at radius 2 is 2.00 bits per heavy atom. The zero-order chi connectivity index (χ0) is 8.69. The average Bonchev–Trinajstić information content (AvgIpc) is 1.86. The van der Waals surface area contributed by atoms with Gasteiger partial charge < -0.3 is 0 Å². The highest BCUT2D eigenvalue weighted by molar-refractivity contribution is 5.77. The van der Waals surface area contributed by atoms with Gasteiger partial charge in [-0.2, -0.15) is 0 Å². The Bertz CT molecular complexity index is 145. The normalized spacial score (nSPS) is 11.7. The first kappa shape index (κ1) is 10.4. The third-order valence-electron chi connectivity index (χ3n) is 1.58. The number of carbonyl (C=O) groups is 1. The summed E-state index contributed by atoms with van der Waals surface area (Å²) in [5, 5.41) is 0. The summed E-state index contributed by atoms with van der Waals surface area (Å²) < 4.78 is 0. The standard InChI is InChI=1S/C10H18O/c1-4-5-6-7-9(2)8-10(3)11/h7H,4-6,8H2,1-3H3/b9-7+. The van der Waals surface area contributed by atoms with Gasteiger partial charge in [-0.3, -0.25) is 4.79 Å². The van der Waals surface area contributed by atoms with E-state index in [2.05, 4.69) is 13.0 Å². The molecule has 0 aromatic heterocycles. The molecule has 0 aliphatic carbocycles. The predicted octanol–water partition coefficient (Wildman–Crippen LogP) is 3.10. The second-order valence-corrected chi connectivity index (χ2v) is 3.07. The van der Waals surface area contributed by atoms with Crippen molar-refractivity contribution in [1.29, 1.82) is 0 Å². The van der Waals surface area contributed by atoms with Gasteiger partial charge in [-0.15, -0.1) is 0 Å². The molecule has 1 nitrogen and oxygen atoms in total. The molecule has 11 heavy (non-hydrogen) atoms. The first-order chi connectivity index (χ1) is 5.16. The molecule has 0 amide bonds. The Kier molecular flexibility index (Phi) is 5.81. The maximum absolute atomic E-state index is 10.6. The molecule has 0 aliphatic heterocycles. The molecule has 64 valence electrons. The van der Waals surface area contributed by atoms with Crippen LogP contribution < -0.4 is 0 Å². The number of hydrogen-bond donors (Lipinski definition) is 0. The zero-order valence-electron chi connectivity index (χ0n) is 7.81. The highest BCUT2D eigenvalue weighted by Crippen LogP contribution is 2.04. The third kappa shape index (κ3) is 7.31. The van der Waals surface area contributed by atoms with Crippen LogP contribution in [0.15, 0.2) is 11.6 Å². The highest BCUT2D eigenvalue weighted by Gasteiger charge is 1.93. The van der Waals surface area contributed by atoms with Gasteiger partial charge in [0.25, 0.3) is 0 Å². The molecule has 0 atom stereocenters. The van der Waals surface area contributed by atoms with Gasteiger partial charge in [-0.25, -0.2) is 0 Å². The number of rotatable bonds is 5. The minimum Gasteiger partial charge on any atom is -0.300 e. The summed E-state index contributed by atoms with van der Waals surface area (Å²) in [5.74, 6) is 0.259. The number of allylic oxidation sites excluding steroid dienone is 2. The zero-order valence-corrected chi connectivity index (χ0v) is 7.81. The van der Waals surface area contributed by atoms with Crippen LogP contribution in [0.25, 0.3) is 0 Å². The lowest BCUT2D eigenvalue weighted by Crippen LogP contribution is -1.89. The van der Waals surface area contributed by atoms with Crippen molar-refractivity contribution in [2.24, 2.45) is 0 Å². The van der Waals surface area contributed by atoms with Crippen LogP contribution in [0.1, 0.15) is 46.5 Å². The molecule has 0 N–H and O–H groups in total. The molecule has 0 heterocycles. The lowest BCUT2D eigenvalue weighted by Gasteiger charge is -1.96. The molecule has 0 fully saturated rings. The third-order valence-corrected chi connectivity index (χ3v) is 1.58. The molecule has 1 heteroatoms. The first-order valence-corrected chi connectivity index (χ1v) is 4.32. The summed E-state index contributed by atoms with van der Waals surface area (Å²) in [7, 11) is 0. The molecule has 0 saturated carbocycles. The Hall–Kier alpha value is -0.590. The Morgan fingerprint density at radius 3 is 2.45 bits per heavy atom. The minimum atomic E-state index is 0.259. The van der Waals surface area contributed by atoms with Crippen LogP contribution in [0, 0.1) is 0 Å². The van der Waals surface area contributed by atoms with E-state index in [0.717, 1.165) is 6.42 Å². The molecule has 0 spiro atoms. The molecular weight excluding hydrogens is 136 g/mol. The van der Waals surface area contributed by atoms with Crippen molar-refractivity contribution in [1.82, 2.24) is 0 Å². The van der Waals surface area contributed by atoms with Crippen molar-refractivity contribution in [2.45, 2.75) is 46.5 Å². The molecule has 0 aromatic carbocycles. The van der Waals surface area contributed by atoms with Crippen LogP contribution in [-0.2, 0) is 4.79 Å². The van der Waals surface area contributed by atoms with Gasteiger partial charge in [-0.05, 0) is 20.3 Å². The van der Waals surface area contributed by atoms with Crippen molar-refractivity contribution >= 4 is 5.78 Å². The van der Waals surface area contributed by atoms with E-state index < -0.39 is 0 Å². The highest BCUT2D eigenvalue weighted by atomic mass is 16.1. The van der Waals surface area contributed by atoms with Gasteiger partial charge in [0, 0.05) is 6.42 Å². The number of unbranched alkanes of at least 4 members (excludes halogenated alkanes) is 2. The van der Waals surface area contributed by atoms with Gasteiger partial charge >= 0.3 is 0 Å². The molecule has 0 radical (unpaired) electrons. The molecule has 0 saturated heterocycles. The van der Waals surface area contributed by atoms with Crippen LogP contribution in [0.2, 0.25) is 0 Å². The molecule has 0 bridgehead atoms. The quantitative estimate of drug-likeness (QED) is 0.439. The van der Waals surface area contributed by atoms with Gasteiger partial charge in [-0.1, -0.05) is 31.4 Å². The summed E-state index contributed by atoms with van der Waals surface area (Å²) in [6.07, 6.45) is 6.38. The number of carbonyl (C=O) groups excluding carboxylic acids is 1. The summed E-state index contributed by atoms with van der Waals surface area (Å²) in [6, 6.07) is 0. The van der Waals surface area contributed by atoms with E-state index >= 15 is 0 Å². The predicted molar refractivity (Wildman–Crippen MR) is 48.6 cm³/mol. The summed E-state index contributed by atoms with van der Waals surface area (Å²) in [4.78, 5) is 10.6. The smallest absolute Gasteiger partial charge is 0.133 e. The van der Waals surface area contributed by atoms with Crippen LogP contribution in [0.3, 0.4) is 0 Å². The molecule has 0 unspecified atom stereocenters. The van der Waals surface area contributed by atoms with Crippen LogP contribution in [0.4, 0.5) is 0 Å². The van der Waals surface area contributed by atoms with E-state index in [9.17, 15) is 4.79 Å². The van der Waals surface area contributed by atoms with Crippen molar-refractivity contribution in [3.63, 3.8) is 0 Å². The van der Waals surface area contributed by atoms with E-state index in [1.807, 2.05) is 6.92 Å². The number of Topliss-reactive ketones (excluding diaryl/α,β-unsaturated/α-hetero) is 1. The van der Waals surface area contributed by atoms with Gasteiger partial charge in [0.15, 0.2) is 0 Å². The second-order valence-electron chi connectivity index (χ2n) is 3.07. The molecule has 0 aromatic rings. The van der Waals surface area contributed by atoms with Gasteiger partial charge in [0.1, 0.15) is 5.78 Å². The van der Waals surface area contributed by atoms with Gasteiger partial charge in [0.2, 0.25) is 0 Å². The van der Waals surface area contributed by atoms with Crippen LogP contribution in [-0.4, -0.2) is 5.78 Å². The number of hydrogen-bond acceptors (Lipinski definition) is 1. The van der Waals surface area contributed by atoms with Crippen LogP contribution in [0.5, 0.6) is 0 Å². The topological polar surface area (TPSA) is 17.1 Å². The van der Waals surface area contributed by atoms with E-state index in [1.54, 1.807) is 6.92 Å². The lowest BCUT2D eigenvalue weighted by molar-refractivity contribution is -0.116. The molecular formula is C10H18O. The maximum atomic E-state index is 10.6. The minimum absolute atomic E-state index is 0.259. The van der Waals surface area contributed by atoms with E-state index in [1.165, 1.54) is 18.4 Å². The van der Waals surface area contributed by atoms with E-state index in [4.69, 9.17) is 0 Å². The SMILES string of the molecule is CCCC/C=C(\C)CC(C)=O. The maximum Gasteiger partial charge on any atom is 0.133 e. The summed E-state index contributed by atoms with van der Waals surface area (Å²) in [5.41, 5.74) is 1.21. The van der Waals surface area contributed by atoms with Gasteiger partial charge in [0.05, 0.1) is 0 Å². The Morgan fingerprint density at radius 1 is 1.36 bits per heavy atom. The number of ketones is 1. The summed E-state index contributed by atoms with van der Waals surface area (Å²) >= 11 is 0. The fourth-order valence-electron chi connectivity index (χ4n) is 1.02. The lowest BCUT2D eigenvalue weighted by atomic mass is 10.1. The summed E-state index contributed by atoms with van der Waals surface area (Å²) in [6.45, 7) is 5.84. The Balaban J connectivity index is 3.54. The Labute approximate surface area is 69.5 Å². The fourth-order valence-corrected chi connectivity index (χ4v) is 1.02. The van der Waals surface area contributed by atoms with Crippen LogP contribution >= 0.6 is 0 Å². The largest absolute Gasteiger partial charge is 0.300 e. The van der Waals surface area contributed by atoms with Crippen molar-refractivity contribution in [3.05, 3.63) is 11.6 Å². The molecule has 0 rings (SSSR count). The average molecular weight is 154 g/mol. The van der Waals surface area contributed by atoms with E-state index in [-0.39, 0.29) is 5.78 Å². The monoisotopic (exact) mass is 154 g/mol. The van der Waals surface area contributed by atoms with Crippen molar-refractivity contribution in [3.8, 4) is 0 Å². The van der Waals surface area contributed by atoms with E-state index in [0.29, 0.717) is 6.42 Å². The van der Waals surface area contributed by atoms with Crippen molar-refractivity contribution < 1.29 is 4.79 Å². The fraction of sp³-hybridized carbons (Fsp3) is 0.700. The second kappa shape index (κ2) is 6.14. The van der Waals surface area contributed by atoms with Crippen molar-refractivity contribution in [2.75, 3.05) is 0 Å². The first-order valence-electron chi connectivity index (χ1n) is 4.32.